The highest BCUT2D eigenvalue weighted by atomic mass is 32.1. The fourth-order valence-electron chi connectivity index (χ4n) is 4.79. The number of anilines is 1. The summed E-state index contributed by atoms with van der Waals surface area (Å²) >= 11 is 1.64. The van der Waals surface area contributed by atoms with E-state index in [1.165, 1.54) is 5.56 Å². The number of fused-ring (bicyclic) bond motifs is 3. The van der Waals surface area contributed by atoms with E-state index in [4.69, 9.17) is 4.98 Å². The maximum Gasteiger partial charge on any atom is 0.227 e. The van der Waals surface area contributed by atoms with Gasteiger partial charge in [0.2, 0.25) is 11.9 Å². The van der Waals surface area contributed by atoms with Gasteiger partial charge in [-0.2, -0.15) is 0 Å². The van der Waals surface area contributed by atoms with Crippen LogP contribution in [-0.4, -0.2) is 56.6 Å². The van der Waals surface area contributed by atoms with Gasteiger partial charge in [-0.05, 0) is 43.0 Å². The first-order chi connectivity index (χ1) is 17.2. The van der Waals surface area contributed by atoms with Gasteiger partial charge in [0.25, 0.3) is 0 Å². The summed E-state index contributed by atoms with van der Waals surface area (Å²) < 4.78 is 2.08. The number of aromatic nitrogens is 4. The van der Waals surface area contributed by atoms with Gasteiger partial charge in [-0.25, -0.2) is 9.38 Å². The fraction of sp³-hybridized carbons (Fsp3) is 0.259. The maximum atomic E-state index is 13.0. The fourth-order valence-corrected chi connectivity index (χ4v) is 5.49. The molecule has 4 heterocycles. The number of rotatable bonds is 4. The first kappa shape index (κ1) is 21.7. The smallest absolute Gasteiger partial charge is 0.227 e. The third-order valence-corrected chi connectivity index (χ3v) is 7.42. The standard InChI is InChI=1S/C27H26N6OS/c1-19-7-4-8-20(17-19)25-29-30-26-22-10-2-3-11-23(22)28-27(33(25)26)32-13-6-12-31(14-15-32)24(34)18-21-9-5-16-35-21/h2-5,7-11,16-17H,6,12-15,18H2,1H3. The summed E-state index contributed by atoms with van der Waals surface area (Å²) in [4.78, 5) is 23.4. The van der Waals surface area contributed by atoms with Crippen LogP contribution < -0.4 is 4.90 Å². The minimum Gasteiger partial charge on any atom is -0.341 e. The van der Waals surface area contributed by atoms with Crippen molar-refractivity contribution in [2.24, 2.45) is 0 Å². The first-order valence-electron chi connectivity index (χ1n) is 11.9. The molecule has 1 aliphatic rings. The van der Waals surface area contributed by atoms with Crippen molar-refractivity contribution in [3.63, 3.8) is 0 Å². The molecule has 1 saturated heterocycles. The lowest BCUT2D eigenvalue weighted by Crippen LogP contribution is -2.36. The van der Waals surface area contributed by atoms with Crippen molar-refractivity contribution in [2.45, 2.75) is 19.8 Å². The van der Waals surface area contributed by atoms with Gasteiger partial charge in [-0.3, -0.25) is 4.79 Å². The van der Waals surface area contributed by atoms with Gasteiger partial charge in [0.05, 0.1) is 11.9 Å². The van der Waals surface area contributed by atoms with E-state index in [9.17, 15) is 4.79 Å². The highest BCUT2D eigenvalue weighted by Crippen LogP contribution is 2.29. The molecule has 5 aromatic rings. The number of thiophene rings is 1. The van der Waals surface area contributed by atoms with E-state index in [-0.39, 0.29) is 5.91 Å². The van der Waals surface area contributed by atoms with Crippen LogP contribution in [0.2, 0.25) is 0 Å². The zero-order valence-corrected chi connectivity index (χ0v) is 20.4. The Kier molecular flexibility index (Phi) is 5.66. The van der Waals surface area contributed by atoms with Crippen LogP contribution in [0.1, 0.15) is 16.9 Å². The lowest BCUT2D eigenvalue weighted by molar-refractivity contribution is -0.130. The average Bonchev–Trinajstić information content (AvgIpc) is 3.48. The number of amides is 1. The van der Waals surface area contributed by atoms with Crippen LogP contribution >= 0.6 is 11.3 Å². The summed E-state index contributed by atoms with van der Waals surface area (Å²) in [5, 5.41) is 12.2. The lowest BCUT2D eigenvalue weighted by atomic mass is 10.1. The van der Waals surface area contributed by atoms with Gasteiger partial charge in [0.1, 0.15) is 0 Å². The molecule has 0 aliphatic carbocycles. The van der Waals surface area contributed by atoms with Crippen molar-refractivity contribution in [2.75, 3.05) is 31.1 Å². The lowest BCUT2D eigenvalue weighted by Gasteiger charge is -2.24. The van der Waals surface area contributed by atoms with E-state index in [1.807, 2.05) is 52.7 Å². The number of hydrogen-bond donors (Lipinski definition) is 0. The van der Waals surface area contributed by atoms with E-state index < -0.39 is 0 Å². The molecule has 0 atom stereocenters. The summed E-state index contributed by atoms with van der Waals surface area (Å²) in [6, 6.07) is 20.4. The van der Waals surface area contributed by atoms with Crippen LogP contribution in [0.3, 0.4) is 0 Å². The van der Waals surface area contributed by atoms with Gasteiger partial charge in [-0.1, -0.05) is 42.0 Å². The molecule has 0 bridgehead atoms. The van der Waals surface area contributed by atoms with Crippen LogP contribution in [0.4, 0.5) is 5.95 Å². The van der Waals surface area contributed by atoms with E-state index >= 15 is 0 Å². The zero-order valence-electron chi connectivity index (χ0n) is 19.6. The van der Waals surface area contributed by atoms with Crippen molar-refractivity contribution in [3.05, 3.63) is 76.5 Å². The number of carbonyl (C=O) groups is 1. The molecule has 35 heavy (non-hydrogen) atoms. The Hall–Kier alpha value is -3.78. The molecule has 0 unspecified atom stereocenters. The van der Waals surface area contributed by atoms with Crippen molar-refractivity contribution < 1.29 is 4.79 Å². The Morgan fingerprint density at radius 3 is 2.74 bits per heavy atom. The van der Waals surface area contributed by atoms with Crippen molar-refractivity contribution in [3.8, 4) is 11.4 Å². The molecule has 7 nitrogen and oxygen atoms in total. The van der Waals surface area contributed by atoms with Gasteiger partial charge in [0.15, 0.2) is 11.5 Å². The molecule has 2 aromatic carbocycles. The van der Waals surface area contributed by atoms with Gasteiger partial charge in [0, 0.05) is 42.0 Å². The van der Waals surface area contributed by atoms with E-state index in [0.717, 1.165) is 58.3 Å². The molecule has 8 heteroatoms. The van der Waals surface area contributed by atoms with Crippen LogP contribution in [-0.2, 0) is 11.2 Å². The first-order valence-corrected chi connectivity index (χ1v) is 12.8. The molecule has 0 saturated carbocycles. The number of carbonyl (C=O) groups excluding carboxylic acids is 1. The quantitative estimate of drug-likeness (QED) is 0.375. The topological polar surface area (TPSA) is 66.6 Å². The largest absolute Gasteiger partial charge is 0.341 e. The molecule has 3 aromatic heterocycles. The third-order valence-electron chi connectivity index (χ3n) is 6.54. The number of aryl methyl sites for hydroxylation is 1. The highest BCUT2D eigenvalue weighted by Gasteiger charge is 2.24. The number of nitrogens with zero attached hydrogens (tertiary/aromatic N) is 6. The van der Waals surface area contributed by atoms with Gasteiger partial charge >= 0.3 is 0 Å². The maximum absolute atomic E-state index is 13.0. The van der Waals surface area contributed by atoms with Crippen LogP contribution in [0.15, 0.2) is 66.0 Å². The molecule has 0 N–H and O–H groups in total. The van der Waals surface area contributed by atoms with Crippen LogP contribution in [0, 0.1) is 6.92 Å². The Morgan fingerprint density at radius 2 is 1.89 bits per heavy atom. The molecule has 6 rings (SSSR count). The second kappa shape index (κ2) is 9.11. The second-order valence-corrected chi connectivity index (χ2v) is 9.99. The number of hydrogen-bond acceptors (Lipinski definition) is 6. The Morgan fingerprint density at radius 1 is 0.971 bits per heavy atom. The zero-order chi connectivity index (χ0) is 23.8. The van der Waals surface area contributed by atoms with E-state index in [0.29, 0.717) is 19.5 Å². The Balaban J connectivity index is 1.38. The molecule has 0 spiro atoms. The predicted octanol–water partition coefficient (Wildman–Crippen LogP) is 4.60. The van der Waals surface area contributed by atoms with Crippen molar-refractivity contribution in [1.29, 1.82) is 0 Å². The molecule has 1 amide bonds. The van der Waals surface area contributed by atoms with E-state index in [2.05, 4.69) is 44.6 Å². The second-order valence-electron chi connectivity index (χ2n) is 8.96. The monoisotopic (exact) mass is 482 g/mol. The summed E-state index contributed by atoms with van der Waals surface area (Å²) in [5.74, 6) is 1.80. The van der Waals surface area contributed by atoms with E-state index in [1.54, 1.807) is 11.3 Å². The summed E-state index contributed by atoms with van der Waals surface area (Å²) in [6.45, 7) is 5.03. The molecular formula is C27H26N6OS. The normalized spacial score (nSPS) is 14.5. The minimum absolute atomic E-state index is 0.190. The van der Waals surface area contributed by atoms with Crippen LogP contribution in [0.5, 0.6) is 0 Å². The molecular weight excluding hydrogens is 456 g/mol. The summed E-state index contributed by atoms with van der Waals surface area (Å²) in [7, 11) is 0. The van der Waals surface area contributed by atoms with Crippen LogP contribution in [0.25, 0.3) is 27.9 Å². The van der Waals surface area contributed by atoms with Crippen molar-refractivity contribution in [1.82, 2.24) is 24.5 Å². The summed E-state index contributed by atoms with van der Waals surface area (Å²) in [6.07, 6.45) is 1.35. The molecule has 0 radical (unpaired) electrons. The Bertz CT molecular complexity index is 1510. The van der Waals surface area contributed by atoms with Crippen molar-refractivity contribution >= 4 is 39.7 Å². The Labute approximate surface area is 207 Å². The highest BCUT2D eigenvalue weighted by molar-refractivity contribution is 7.10. The van der Waals surface area contributed by atoms with Gasteiger partial charge in [-0.15, -0.1) is 21.5 Å². The third kappa shape index (κ3) is 4.14. The summed E-state index contributed by atoms with van der Waals surface area (Å²) in [5.41, 5.74) is 3.88. The average molecular weight is 483 g/mol. The van der Waals surface area contributed by atoms with Gasteiger partial charge < -0.3 is 9.80 Å². The minimum atomic E-state index is 0.190. The molecule has 1 aliphatic heterocycles. The molecule has 176 valence electrons. The predicted molar refractivity (Wildman–Crippen MR) is 140 cm³/mol. The molecule has 1 fully saturated rings. The number of benzene rings is 2. The SMILES string of the molecule is Cc1cccc(-c2nnc3c4ccccc4nc(N4CCCN(C(=O)Cc5cccs5)CC4)n23)c1. The number of para-hydroxylation sites is 1.